The lowest BCUT2D eigenvalue weighted by Gasteiger charge is -2.11. The van der Waals surface area contributed by atoms with Gasteiger partial charge < -0.3 is 20.8 Å². The van der Waals surface area contributed by atoms with Gasteiger partial charge in [-0.15, -0.1) is 0 Å². The van der Waals surface area contributed by atoms with Gasteiger partial charge in [0.15, 0.2) is 10.4 Å². The highest BCUT2D eigenvalue weighted by molar-refractivity contribution is 9.10. The molecule has 142 valence electrons. The van der Waals surface area contributed by atoms with Gasteiger partial charge >= 0.3 is 0 Å². The van der Waals surface area contributed by atoms with Gasteiger partial charge in [-0.05, 0) is 57.9 Å². The molecule has 0 radical (unpaired) electrons. The largest absolute Gasteiger partial charge is 0.444 e. The zero-order chi connectivity index (χ0) is 20.1. The molecule has 0 spiro atoms. The van der Waals surface area contributed by atoms with Crippen molar-refractivity contribution in [2.24, 2.45) is 5.73 Å². The maximum atomic E-state index is 12.6. The second-order valence-electron chi connectivity index (χ2n) is 5.89. The highest BCUT2D eigenvalue weighted by Gasteiger charge is 2.13. The van der Waals surface area contributed by atoms with Gasteiger partial charge in [-0.1, -0.05) is 24.3 Å². The van der Waals surface area contributed by atoms with Gasteiger partial charge in [0, 0.05) is 16.9 Å². The molecule has 7 nitrogen and oxygen atoms in total. The summed E-state index contributed by atoms with van der Waals surface area (Å²) in [5, 5.41) is 5.44. The molecule has 8 heteroatoms. The molecule has 1 aromatic heterocycles. The molecule has 0 aliphatic carbocycles. The lowest BCUT2D eigenvalue weighted by atomic mass is 10.1. The highest BCUT2D eigenvalue weighted by Crippen LogP contribution is 2.19. The number of halogens is 1. The molecule has 3 rings (SSSR count). The fraction of sp³-hybridized carbons (Fsp3) is 0.0500. The zero-order valence-corrected chi connectivity index (χ0v) is 16.2. The number of hydrogen-bond donors (Lipinski definition) is 3. The van der Waals surface area contributed by atoms with Crippen LogP contribution in [0.2, 0.25) is 0 Å². The number of furan rings is 1. The molecular formula is C20H16BrN3O4. The standard InChI is InChI=1S/C20H16BrN3O4/c21-17-9-8-16(28-17)20(27)23-14-6-3-5-13(10-14)19(26)24-15-7-2-1-4-12(15)11-18(22)25/h1-10H,11H2,(H2,22,25)(H,23,27)(H,24,26). The number of carbonyl (C=O) groups is 3. The van der Waals surface area contributed by atoms with E-state index in [4.69, 9.17) is 10.2 Å². The van der Waals surface area contributed by atoms with Crippen molar-refractivity contribution in [3.63, 3.8) is 0 Å². The van der Waals surface area contributed by atoms with Crippen LogP contribution in [0.3, 0.4) is 0 Å². The van der Waals surface area contributed by atoms with Crippen LogP contribution in [0.4, 0.5) is 11.4 Å². The van der Waals surface area contributed by atoms with E-state index >= 15 is 0 Å². The van der Waals surface area contributed by atoms with Crippen LogP contribution in [-0.4, -0.2) is 17.7 Å². The number of nitrogens with one attached hydrogen (secondary N) is 2. The minimum atomic E-state index is -0.490. The number of carbonyl (C=O) groups excluding carboxylic acids is 3. The van der Waals surface area contributed by atoms with Crippen molar-refractivity contribution >= 4 is 45.0 Å². The SMILES string of the molecule is NC(=O)Cc1ccccc1NC(=O)c1cccc(NC(=O)c2ccc(Br)o2)c1. The van der Waals surface area contributed by atoms with E-state index in [0.29, 0.717) is 27.2 Å². The summed E-state index contributed by atoms with van der Waals surface area (Å²) in [6, 6.07) is 16.5. The molecule has 2 aromatic carbocycles. The van der Waals surface area contributed by atoms with Crippen LogP contribution in [0.5, 0.6) is 0 Å². The van der Waals surface area contributed by atoms with Crippen molar-refractivity contribution in [1.29, 1.82) is 0 Å². The number of nitrogens with two attached hydrogens (primary N) is 1. The van der Waals surface area contributed by atoms with E-state index in [1.54, 1.807) is 54.6 Å². The van der Waals surface area contributed by atoms with Gasteiger partial charge in [-0.25, -0.2) is 0 Å². The fourth-order valence-corrected chi connectivity index (χ4v) is 2.85. The average Bonchev–Trinajstić information content (AvgIpc) is 3.10. The molecule has 0 fully saturated rings. The molecule has 0 aliphatic heterocycles. The van der Waals surface area contributed by atoms with E-state index in [-0.39, 0.29) is 18.1 Å². The van der Waals surface area contributed by atoms with Gasteiger partial charge in [-0.3, -0.25) is 14.4 Å². The Labute approximate surface area is 169 Å². The average molecular weight is 442 g/mol. The van der Waals surface area contributed by atoms with Gasteiger partial charge in [0.1, 0.15) is 0 Å². The van der Waals surface area contributed by atoms with Crippen LogP contribution < -0.4 is 16.4 Å². The molecule has 0 atom stereocenters. The summed E-state index contributed by atoms with van der Waals surface area (Å²) in [7, 11) is 0. The van der Waals surface area contributed by atoms with E-state index in [2.05, 4.69) is 26.6 Å². The Kier molecular flexibility index (Phi) is 5.90. The number of anilines is 2. The Morgan fingerprint density at radius 1 is 0.929 bits per heavy atom. The third-order valence-corrected chi connectivity index (χ3v) is 4.24. The van der Waals surface area contributed by atoms with Crippen LogP contribution in [0, 0.1) is 0 Å². The van der Waals surface area contributed by atoms with Gasteiger partial charge in [0.05, 0.1) is 6.42 Å². The molecule has 3 aromatic rings. The number of rotatable bonds is 6. The Bertz CT molecular complexity index is 1050. The Morgan fingerprint density at radius 3 is 2.43 bits per heavy atom. The third kappa shape index (κ3) is 4.86. The fourth-order valence-electron chi connectivity index (χ4n) is 2.55. The maximum Gasteiger partial charge on any atom is 0.291 e. The summed E-state index contributed by atoms with van der Waals surface area (Å²) in [6.45, 7) is 0. The summed E-state index contributed by atoms with van der Waals surface area (Å²) in [4.78, 5) is 36.0. The number of benzene rings is 2. The lowest BCUT2D eigenvalue weighted by Crippen LogP contribution is -2.18. The second-order valence-corrected chi connectivity index (χ2v) is 6.67. The molecule has 1 heterocycles. The van der Waals surface area contributed by atoms with E-state index in [1.807, 2.05) is 0 Å². The topological polar surface area (TPSA) is 114 Å². The summed E-state index contributed by atoms with van der Waals surface area (Å²) < 4.78 is 5.65. The number of para-hydroxylation sites is 1. The first-order valence-corrected chi connectivity index (χ1v) is 9.06. The zero-order valence-electron chi connectivity index (χ0n) is 14.6. The Balaban J connectivity index is 1.74. The predicted octanol–water partition coefficient (Wildman–Crippen LogP) is 3.57. The van der Waals surface area contributed by atoms with Crippen LogP contribution in [0.15, 0.2) is 69.8 Å². The van der Waals surface area contributed by atoms with E-state index in [1.165, 1.54) is 6.07 Å². The van der Waals surface area contributed by atoms with Crippen molar-refractivity contribution in [1.82, 2.24) is 0 Å². The predicted molar refractivity (Wildman–Crippen MR) is 108 cm³/mol. The molecule has 0 saturated heterocycles. The van der Waals surface area contributed by atoms with Crippen LogP contribution in [0.25, 0.3) is 0 Å². The first kappa shape index (κ1) is 19.4. The maximum absolute atomic E-state index is 12.6. The number of amides is 3. The molecule has 0 saturated carbocycles. The number of hydrogen-bond acceptors (Lipinski definition) is 4. The summed E-state index contributed by atoms with van der Waals surface area (Å²) >= 11 is 3.14. The van der Waals surface area contributed by atoms with Gasteiger partial charge in [0.2, 0.25) is 5.91 Å². The summed E-state index contributed by atoms with van der Waals surface area (Å²) in [5.74, 6) is -1.16. The molecule has 4 N–H and O–H groups in total. The Morgan fingerprint density at radius 2 is 1.71 bits per heavy atom. The van der Waals surface area contributed by atoms with E-state index < -0.39 is 11.8 Å². The van der Waals surface area contributed by atoms with Crippen LogP contribution in [-0.2, 0) is 11.2 Å². The van der Waals surface area contributed by atoms with Crippen molar-refractivity contribution in [3.05, 3.63) is 82.2 Å². The summed E-state index contributed by atoms with van der Waals surface area (Å²) in [5.41, 5.74) is 7.15. The first-order valence-electron chi connectivity index (χ1n) is 8.26. The normalized spacial score (nSPS) is 10.3. The minimum absolute atomic E-state index is 0.0191. The molecule has 28 heavy (non-hydrogen) atoms. The molecule has 0 unspecified atom stereocenters. The smallest absolute Gasteiger partial charge is 0.291 e. The van der Waals surface area contributed by atoms with Crippen molar-refractivity contribution in [3.8, 4) is 0 Å². The monoisotopic (exact) mass is 441 g/mol. The first-order chi connectivity index (χ1) is 13.4. The Hall–Kier alpha value is -3.39. The summed E-state index contributed by atoms with van der Waals surface area (Å²) in [6.07, 6.45) is 0.0191. The molecule has 3 amide bonds. The van der Waals surface area contributed by atoms with Crippen molar-refractivity contribution in [2.75, 3.05) is 10.6 Å². The van der Waals surface area contributed by atoms with E-state index in [9.17, 15) is 14.4 Å². The highest BCUT2D eigenvalue weighted by atomic mass is 79.9. The van der Waals surface area contributed by atoms with Crippen molar-refractivity contribution < 1.29 is 18.8 Å². The molecule has 0 bridgehead atoms. The van der Waals surface area contributed by atoms with Gasteiger partial charge in [-0.2, -0.15) is 0 Å². The quantitative estimate of drug-likeness (QED) is 0.542. The minimum Gasteiger partial charge on any atom is -0.444 e. The van der Waals surface area contributed by atoms with Crippen LogP contribution >= 0.6 is 15.9 Å². The van der Waals surface area contributed by atoms with Crippen molar-refractivity contribution in [2.45, 2.75) is 6.42 Å². The molecular weight excluding hydrogens is 426 g/mol. The third-order valence-electron chi connectivity index (χ3n) is 3.81. The second kappa shape index (κ2) is 8.53. The molecule has 0 aliphatic rings. The number of primary amides is 1. The lowest BCUT2D eigenvalue weighted by molar-refractivity contribution is -0.117. The van der Waals surface area contributed by atoms with E-state index in [0.717, 1.165) is 0 Å². The van der Waals surface area contributed by atoms with Gasteiger partial charge in [0.25, 0.3) is 11.8 Å². The van der Waals surface area contributed by atoms with Crippen LogP contribution in [0.1, 0.15) is 26.5 Å².